The first-order valence-corrected chi connectivity index (χ1v) is 8.65. The zero-order chi connectivity index (χ0) is 17.5. The van der Waals surface area contributed by atoms with Gasteiger partial charge in [-0.1, -0.05) is 42.5 Å². The number of carbonyl (C=O) groups is 1. The Bertz CT molecular complexity index is 673. The minimum absolute atomic E-state index is 0.0423. The minimum atomic E-state index is -0.417. The average molecular weight is 340 g/mol. The Labute approximate surface area is 148 Å². The summed E-state index contributed by atoms with van der Waals surface area (Å²) in [4.78, 5) is 12.0. The van der Waals surface area contributed by atoms with Crippen LogP contribution in [0.25, 0.3) is 0 Å². The van der Waals surface area contributed by atoms with Gasteiger partial charge in [-0.05, 0) is 36.1 Å². The maximum Gasteiger partial charge on any atom is 0.237 e. The topological polar surface area (TPSA) is 70.6 Å². The molecule has 2 unspecified atom stereocenters. The predicted octanol–water partition coefficient (Wildman–Crippen LogP) is 1.65. The van der Waals surface area contributed by atoms with Gasteiger partial charge in [0.15, 0.2) is 0 Å². The van der Waals surface area contributed by atoms with Crippen LogP contribution in [-0.2, 0) is 17.8 Å². The van der Waals surface area contributed by atoms with Crippen LogP contribution in [0.1, 0.15) is 17.5 Å². The third-order valence-electron chi connectivity index (χ3n) is 4.31. The second-order valence-electron chi connectivity index (χ2n) is 6.31. The van der Waals surface area contributed by atoms with Crippen LogP contribution in [0.2, 0.25) is 0 Å². The normalized spacial score (nSPS) is 19.6. The van der Waals surface area contributed by atoms with Crippen LogP contribution in [0.3, 0.4) is 0 Å². The van der Waals surface area contributed by atoms with Gasteiger partial charge in [-0.15, -0.1) is 0 Å². The minimum Gasteiger partial charge on any atom is -0.489 e. The first kappa shape index (κ1) is 17.5. The maximum absolute atomic E-state index is 12.0. The molecular weight excluding hydrogens is 316 g/mol. The molecule has 0 saturated carbocycles. The molecule has 132 valence electrons. The Morgan fingerprint density at radius 1 is 1.12 bits per heavy atom. The van der Waals surface area contributed by atoms with Crippen molar-refractivity contribution in [3.8, 4) is 5.75 Å². The predicted molar refractivity (Wildman–Crippen MR) is 96.3 cm³/mol. The van der Waals surface area contributed by atoms with Gasteiger partial charge in [-0.3, -0.25) is 4.79 Å². The molecule has 1 aliphatic heterocycles. The van der Waals surface area contributed by atoms with Crippen LogP contribution in [0.5, 0.6) is 5.75 Å². The largest absolute Gasteiger partial charge is 0.489 e. The molecule has 1 fully saturated rings. The number of carbonyl (C=O) groups excluding carboxylic acids is 1. The third kappa shape index (κ3) is 5.31. The van der Waals surface area contributed by atoms with E-state index in [1.165, 1.54) is 0 Å². The van der Waals surface area contributed by atoms with Gasteiger partial charge in [0.2, 0.25) is 5.91 Å². The average Bonchev–Trinajstić information content (AvgIpc) is 3.08. The summed E-state index contributed by atoms with van der Waals surface area (Å²) in [7, 11) is 0. The highest BCUT2D eigenvalue weighted by molar-refractivity contribution is 5.82. The summed E-state index contributed by atoms with van der Waals surface area (Å²) < 4.78 is 5.77. The number of hydrogen-bond donors (Lipinski definition) is 3. The molecule has 1 amide bonds. The van der Waals surface area contributed by atoms with Crippen molar-refractivity contribution in [1.82, 2.24) is 10.6 Å². The van der Waals surface area contributed by atoms with Gasteiger partial charge in [0, 0.05) is 13.1 Å². The zero-order valence-corrected chi connectivity index (χ0v) is 14.2. The molecule has 1 heterocycles. The fourth-order valence-electron chi connectivity index (χ4n) is 2.86. The highest BCUT2D eigenvalue weighted by Crippen LogP contribution is 2.14. The molecular formula is C20H24N2O3. The molecule has 0 spiro atoms. The van der Waals surface area contributed by atoms with Gasteiger partial charge in [0.1, 0.15) is 12.4 Å². The second-order valence-corrected chi connectivity index (χ2v) is 6.31. The molecule has 2 atom stereocenters. The van der Waals surface area contributed by atoms with Crippen LogP contribution < -0.4 is 15.4 Å². The number of β-amino-alcohol motifs (C(OH)–C–C–N with tert-alkyl or cyclic N) is 1. The van der Waals surface area contributed by atoms with Crippen molar-refractivity contribution in [3.05, 3.63) is 65.7 Å². The summed E-state index contributed by atoms with van der Waals surface area (Å²) in [6.07, 6.45) is 0.832. The van der Waals surface area contributed by atoms with Gasteiger partial charge >= 0.3 is 0 Å². The van der Waals surface area contributed by atoms with Crippen molar-refractivity contribution in [2.45, 2.75) is 31.6 Å². The number of aliphatic hydroxyl groups is 1. The molecule has 0 aromatic heterocycles. The molecule has 0 bridgehead atoms. The van der Waals surface area contributed by atoms with Crippen molar-refractivity contribution in [3.63, 3.8) is 0 Å². The van der Waals surface area contributed by atoms with Crippen molar-refractivity contribution < 1.29 is 14.6 Å². The summed E-state index contributed by atoms with van der Waals surface area (Å²) in [6.45, 7) is 1.62. The van der Waals surface area contributed by atoms with E-state index in [4.69, 9.17) is 4.74 Å². The number of aliphatic hydroxyl groups excluding tert-OH is 1. The van der Waals surface area contributed by atoms with Gasteiger partial charge < -0.3 is 20.5 Å². The number of rotatable bonds is 7. The lowest BCUT2D eigenvalue weighted by atomic mass is 10.1. The zero-order valence-electron chi connectivity index (χ0n) is 14.2. The number of ether oxygens (including phenoxy) is 1. The van der Waals surface area contributed by atoms with Gasteiger partial charge in [0.25, 0.3) is 0 Å². The molecule has 1 saturated heterocycles. The van der Waals surface area contributed by atoms with Crippen molar-refractivity contribution >= 4 is 5.91 Å². The molecule has 3 N–H and O–H groups in total. The summed E-state index contributed by atoms with van der Waals surface area (Å²) in [5.74, 6) is 0.792. The second kappa shape index (κ2) is 8.65. The number of amides is 1. The summed E-state index contributed by atoms with van der Waals surface area (Å²) in [6, 6.07) is 17.7. The van der Waals surface area contributed by atoms with Crippen molar-refractivity contribution in [2.24, 2.45) is 0 Å². The fourth-order valence-corrected chi connectivity index (χ4v) is 2.86. The highest BCUT2D eigenvalue weighted by Gasteiger charge is 2.27. The van der Waals surface area contributed by atoms with Crippen LogP contribution in [0.15, 0.2) is 54.6 Å². The van der Waals surface area contributed by atoms with Crippen LogP contribution in [0.4, 0.5) is 0 Å². The van der Waals surface area contributed by atoms with E-state index in [0.717, 1.165) is 23.3 Å². The SMILES string of the molecule is O=C(NCCc1ccc(OCc2ccccc2)cc1)C1CC(O)CN1. The summed E-state index contributed by atoms with van der Waals surface area (Å²) in [5, 5.41) is 15.4. The molecule has 2 aromatic carbocycles. The van der Waals surface area contributed by atoms with E-state index >= 15 is 0 Å². The standard InChI is InChI=1S/C20H24N2O3/c23-17-12-19(22-13-17)20(24)21-11-10-15-6-8-18(9-7-15)25-14-16-4-2-1-3-5-16/h1-9,17,19,22-23H,10-14H2,(H,21,24). The van der Waals surface area contributed by atoms with Crippen LogP contribution in [0, 0.1) is 0 Å². The van der Waals surface area contributed by atoms with Crippen LogP contribution >= 0.6 is 0 Å². The van der Waals surface area contributed by atoms with Crippen molar-refractivity contribution in [1.29, 1.82) is 0 Å². The smallest absolute Gasteiger partial charge is 0.237 e. The lowest BCUT2D eigenvalue weighted by molar-refractivity contribution is -0.122. The monoisotopic (exact) mass is 340 g/mol. The molecule has 0 radical (unpaired) electrons. The number of hydrogen-bond acceptors (Lipinski definition) is 4. The third-order valence-corrected chi connectivity index (χ3v) is 4.31. The number of benzene rings is 2. The van der Waals surface area contributed by atoms with Gasteiger partial charge in [-0.2, -0.15) is 0 Å². The van der Waals surface area contributed by atoms with Gasteiger partial charge in [-0.25, -0.2) is 0 Å². The molecule has 5 nitrogen and oxygen atoms in total. The first-order chi connectivity index (χ1) is 12.2. The molecule has 2 aromatic rings. The Balaban J connectivity index is 1.39. The van der Waals surface area contributed by atoms with Gasteiger partial charge in [0.05, 0.1) is 12.1 Å². The summed E-state index contributed by atoms with van der Waals surface area (Å²) >= 11 is 0. The molecule has 25 heavy (non-hydrogen) atoms. The lowest BCUT2D eigenvalue weighted by Gasteiger charge is -2.11. The fraction of sp³-hybridized carbons (Fsp3) is 0.350. The Morgan fingerprint density at radius 2 is 1.88 bits per heavy atom. The quantitative estimate of drug-likeness (QED) is 0.717. The Morgan fingerprint density at radius 3 is 2.56 bits per heavy atom. The first-order valence-electron chi connectivity index (χ1n) is 8.65. The van der Waals surface area contributed by atoms with E-state index in [0.29, 0.717) is 26.1 Å². The molecule has 5 heteroatoms. The highest BCUT2D eigenvalue weighted by atomic mass is 16.5. The maximum atomic E-state index is 12.0. The molecule has 1 aliphatic rings. The van der Waals surface area contributed by atoms with E-state index in [2.05, 4.69) is 10.6 Å². The Kier molecular flexibility index (Phi) is 6.04. The van der Waals surface area contributed by atoms with E-state index < -0.39 is 6.10 Å². The van der Waals surface area contributed by atoms with E-state index in [1.54, 1.807) is 0 Å². The molecule has 3 rings (SSSR count). The van der Waals surface area contributed by atoms with E-state index in [9.17, 15) is 9.90 Å². The molecule has 0 aliphatic carbocycles. The lowest BCUT2D eigenvalue weighted by Crippen LogP contribution is -2.41. The van der Waals surface area contributed by atoms with Crippen LogP contribution in [-0.4, -0.2) is 36.2 Å². The van der Waals surface area contributed by atoms with Crippen molar-refractivity contribution in [2.75, 3.05) is 13.1 Å². The number of nitrogens with one attached hydrogen (secondary N) is 2. The Hall–Kier alpha value is -2.37. The summed E-state index contributed by atoms with van der Waals surface area (Å²) in [5.41, 5.74) is 2.28. The van der Waals surface area contributed by atoms with E-state index in [1.807, 2.05) is 54.6 Å². The van der Waals surface area contributed by atoms with E-state index in [-0.39, 0.29) is 11.9 Å².